The highest BCUT2D eigenvalue weighted by molar-refractivity contribution is 6.03. The minimum Gasteiger partial charge on any atom is -0.331 e. The van der Waals surface area contributed by atoms with Crippen LogP contribution in [0, 0.1) is 0 Å². The second kappa shape index (κ2) is 4.48. The predicted molar refractivity (Wildman–Crippen MR) is 42.5 cm³/mol. The molecule has 0 spiro atoms. The third-order valence-electron chi connectivity index (χ3n) is 1.06. The average Bonchev–Trinajstić information content (AvgIpc) is 1.84. The van der Waals surface area contributed by atoms with Crippen LogP contribution in [0.2, 0.25) is 0 Å². The normalized spacial score (nSPS) is 8.92. The molecule has 0 rings (SSSR count). The summed E-state index contributed by atoms with van der Waals surface area (Å²) in [6.07, 6.45) is -0.250. The van der Waals surface area contributed by atoms with Gasteiger partial charge in [0.2, 0.25) is 5.91 Å². The first kappa shape index (κ1) is 10.6. The fourth-order valence-corrected chi connectivity index (χ4v) is 0.501. The van der Waals surface area contributed by atoms with Crippen molar-refractivity contribution in [1.82, 2.24) is 10.2 Å². The first-order chi connectivity index (χ1) is 5.43. The van der Waals surface area contributed by atoms with Gasteiger partial charge in [0.15, 0.2) is 0 Å². The van der Waals surface area contributed by atoms with Crippen molar-refractivity contribution in [2.45, 2.75) is 13.3 Å². The minimum atomic E-state index is -0.568. The highest BCUT2D eigenvalue weighted by atomic mass is 16.2. The number of nitrogens with one attached hydrogen (secondary N) is 1. The zero-order chi connectivity index (χ0) is 9.72. The van der Waals surface area contributed by atoms with Crippen LogP contribution in [0.1, 0.15) is 13.3 Å². The number of hydrogen-bond acceptors (Lipinski definition) is 3. The van der Waals surface area contributed by atoms with E-state index in [1.54, 1.807) is 0 Å². The fraction of sp³-hybridized carbons (Fsp3) is 0.571. The van der Waals surface area contributed by atoms with Gasteiger partial charge in [-0.15, -0.1) is 0 Å². The van der Waals surface area contributed by atoms with Crippen LogP contribution in [0.25, 0.3) is 0 Å². The summed E-state index contributed by atoms with van der Waals surface area (Å²) < 4.78 is 0. The van der Waals surface area contributed by atoms with Crippen molar-refractivity contribution >= 4 is 17.7 Å². The first-order valence-corrected chi connectivity index (χ1v) is 3.44. The standard InChI is InChI=1S/C7H12N2O3/c1-5(10)4-6(11)8-7(12)9(2)3/h4H2,1-3H3,(H,8,11,12). The molecule has 0 saturated carbocycles. The highest BCUT2D eigenvalue weighted by Gasteiger charge is 2.10. The summed E-state index contributed by atoms with van der Waals surface area (Å²) in [6, 6.07) is -0.513. The maximum atomic E-state index is 10.8. The van der Waals surface area contributed by atoms with Gasteiger partial charge in [-0.05, 0) is 6.92 Å². The van der Waals surface area contributed by atoms with Crippen molar-refractivity contribution in [2.75, 3.05) is 14.1 Å². The Hall–Kier alpha value is -1.39. The molecule has 1 N–H and O–H groups in total. The number of ketones is 1. The van der Waals surface area contributed by atoms with Gasteiger partial charge < -0.3 is 4.90 Å². The highest BCUT2D eigenvalue weighted by Crippen LogP contribution is 1.83. The minimum absolute atomic E-state index is 0.250. The summed E-state index contributed by atoms with van der Waals surface area (Å²) in [7, 11) is 3.02. The van der Waals surface area contributed by atoms with Gasteiger partial charge in [-0.25, -0.2) is 4.79 Å². The van der Waals surface area contributed by atoms with Gasteiger partial charge in [0.1, 0.15) is 5.78 Å². The smallest absolute Gasteiger partial charge is 0.323 e. The molecule has 0 bridgehead atoms. The van der Waals surface area contributed by atoms with Crippen molar-refractivity contribution in [2.24, 2.45) is 0 Å². The van der Waals surface area contributed by atoms with E-state index >= 15 is 0 Å². The van der Waals surface area contributed by atoms with Crippen LogP contribution >= 0.6 is 0 Å². The van der Waals surface area contributed by atoms with Crippen LogP contribution in [0.15, 0.2) is 0 Å². The maximum Gasteiger partial charge on any atom is 0.323 e. The van der Waals surface area contributed by atoms with Crippen molar-refractivity contribution in [3.8, 4) is 0 Å². The Morgan fingerprint density at radius 2 is 1.75 bits per heavy atom. The van der Waals surface area contributed by atoms with Gasteiger partial charge in [-0.2, -0.15) is 0 Å². The Bertz CT molecular complexity index is 211. The number of Topliss-reactive ketones (excluding diaryl/α,β-unsaturated/α-hetero) is 1. The molecule has 3 amide bonds. The second-order valence-corrected chi connectivity index (χ2v) is 2.63. The lowest BCUT2D eigenvalue weighted by Gasteiger charge is -2.09. The molecule has 0 atom stereocenters. The molecule has 0 aliphatic heterocycles. The molecule has 0 heterocycles. The third kappa shape index (κ3) is 4.43. The monoisotopic (exact) mass is 172 g/mol. The van der Waals surface area contributed by atoms with E-state index in [1.165, 1.54) is 25.9 Å². The SMILES string of the molecule is CC(=O)CC(=O)NC(=O)N(C)C. The number of urea groups is 1. The Kier molecular flexibility index (Phi) is 3.96. The van der Waals surface area contributed by atoms with E-state index in [-0.39, 0.29) is 12.2 Å². The number of imide groups is 1. The molecular formula is C7H12N2O3. The Labute approximate surface area is 70.7 Å². The first-order valence-electron chi connectivity index (χ1n) is 3.44. The largest absolute Gasteiger partial charge is 0.331 e. The average molecular weight is 172 g/mol. The number of carbonyl (C=O) groups excluding carboxylic acids is 3. The van der Waals surface area contributed by atoms with Crippen LogP contribution in [0.4, 0.5) is 4.79 Å². The summed E-state index contributed by atoms with van der Waals surface area (Å²) >= 11 is 0. The van der Waals surface area contributed by atoms with Gasteiger partial charge in [-0.3, -0.25) is 14.9 Å². The maximum absolute atomic E-state index is 10.8. The van der Waals surface area contributed by atoms with Gasteiger partial charge >= 0.3 is 6.03 Å². The molecule has 0 saturated heterocycles. The number of nitrogens with zero attached hydrogens (tertiary/aromatic N) is 1. The van der Waals surface area contributed by atoms with Gasteiger partial charge in [0.25, 0.3) is 0 Å². The van der Waals surface area contributed by atoms with Crippen molar-refractivity contribution in [3.05, 3.63) is 0 Å². The molecule has 5 heteroatoms. The van der Waals surface area contributed by atoms with Gasteiger partial charge in [0, 0.05) is 14.1 Å². The molecule has 12 heavy (non-hydrogen) atoms. The molecule has 0 radical (unpaired) electrons. The van der Waals surface area contributed by atoms with Crippen LogP contribution in [0.5, 0.6) is 0 Å². The number of hydrogen-bond donors (Lipinski definition) is 1. The zero-order valence-electron chi connectivity index (χ0n) is 7.38. The molecular weight excluding hydrogens is 160 g/mol. The third-order valence-corrected chi connectivity index (χ3v) is 1.06. The van der Waals surface area contributed by atoms with E-state index in [9.17, 15) is 14.4 Å². The molecule has 0 aromatic heterocycles. The van der Waals surface area contributed by atoms with E-state index in [0.717, 1.165) is 0 Å². The van der Waals surface area contributed by atoms with E-state index in [1.807, 2.05) is 5.32 Å². The van der Waals surface area contributed by atoms with Gasteiger partial charge in [0.05, 0.1) is 6.42 Å². The lowest BCUT2D eigenvalue weighted by molar-refractivity contribution is -0.126. The van der Waals surface area contributed by atoms with Crippen molar-refractivity contribution < 1.29 is 14.4 Å². The van der Waals surface area contributed by atoms with E-state index in [0.29, 0.717) is 0 Å². The quantitative estimate of drug-likeness (QED) is 0.585. The van der Waals surface area contributed by atoms with Crippen LogP contribution in [0.3, 0.4) is 0 Å². The van der Waals surface area contributed by atoms with Crippen molar-refractivity contribution in [3.63, 3.8) is 0 Å². The summed E-state index contributed by atoms with van der Waals surface area (Å²) in [5.41, 5.74) is 0. The van der Waals surface area contributed by atoms with E-state index in [4.69, 9.17) is 0 Å². The summed E-state index contributed by atoms with van der Waals surface area (Å²) in [5, 5.41) is 2.04. The summed E-state index contributed by atoms with van der Waals surface area (Å²) in [5.74, 6) is -0.833. The Morgan fingerprint density at radius 3 is 2.08 bits per heavy atom. The topological polar surface area (TPSA) is 66.5 Å². The lowest BCUT2D eigenvalue weighted by Crippen LogP contribution is -2.39. The van der Waals surface area contributed by atoms with Crippen LogP contribution in [-0.2, 0) is 9.59 Å². The number of amides is 3. The molecule has 0 aromatic rings. The van der Waals surface area contributed by atoms with Crippen LogP contribution < -0.4 is 5.32 Å². The Balaban J connectivity index is 3.85. The molecule has 0 fully saturated rings. The van der Waals surface area contributed by atoms with Gasteiger partial charge in [-0.1, -0.05) is 0 Å². The molecule has 0 unspecified atom stereocenters. The predicted octanol–water partition coefficient (Wildman–Crippen LogP) is -0.237. The number of carbonyl (C=O) groups is 3. The second-order valence-electron chi connectivity index (χ2n) is 2.63. The Morgan fingerprint density at radius 1 is 1.25 bits per heavy atom. The molecule has 0 aliphatic rings. The fourth-order valence-electron chi connectivity index (χ4n) is 0.501. The summed E-state index contributed by atoms with van der Waals surface area (Å²) in [6.45, 7) is 1.29. The van der Waals surface area contributed by atoms with Crippen LogP contribution in [-0.4, -0.2) is 36.7 Å². The molecule has 68 valence electrons. The molecule has 0 aromatic carbocycles. The lowest BCUT2D eigenvalue weighted by atomic mass is 10.3. The van der Waals surface area contributed by atoms with Crippen molar-refractivity contribution in [1.29, 1.82) is 0 Å². The van der Waals surface area contributed by atoms with E-state index < -0.39 is 11.9 Å². The number of rotatable bonds is 2. The summed E-state index contributed by atoms with van der Waals surface area (Å²) in [4.78, 5) is 33.2. The molecule has 0 aliphatic carbocycles. The zero-order valence-corrected chi connectivity index (χ0v) is 7.38. The molecule has 5 nitrogen and oxygen atoms in total. The van der Waals surface area contributed by atoms with E-state index in [2.05, 4.69) is 0 Å².